The summed E-state index contributed by atoms with van der Waals surface area (Å²) in [6.07, 6.45) is 7.55. The SMILES string of the molecule is Cc1cnn(CCCNC(=S)NC[C@H]2CCCO2)c1. The number of ether oxygens (including phenoxy) is 1. The van der Waals surface area contributed by atoms with Crippen LogP contribution in [-0.2, 0) is 11.3 Å². The lowest BCUT2D eigenvalue weighted by Crippen LogP contribution is -2.39. The van der Waals surface area contributed by atoms with Gasteiger partial charge in [0.15, 0.2) is 5.11 Å². The van der Waals surface area contributed by atoms with Crippen molar-refractivity contribution in [1.29, 1.82) is 0 Å². The smallest absolute Gasteiger partial charge is 0.166 e. The summed E-state index contributed by atoms with van der Waals surface area (Å²) in [6.45, 7) is 5.51. The van der Waals surface area contributed by atoms with E-state index in [0.29, 0.717) is 11.2 Å². The van der Waals surface area contributed by atoms with Gasteiger partial charge in [0.05, 0.1) is 12.3 Å². The summed E-state index contributed by atoms with van der Waals surface area (Å²) >= 11 is 5.22. The molecule has 1 fully saturated rings. The summed E-state index contributed by atoms with van der Waals surface area (Å²) in [5, 5.41) is 11.4. The van der Waals surface area contributed by atoms with Gasteiger partial charge in [-0.15, -0.1) is 0 Å². The maximum Gasteiger partial charge on any atom is 0.166 e. The quantitative estimate of drug-likeness (QED) is 0.607. The summed E-state index contributed by atoms with van der Waals surface area (Å²) in [5.41, 5.74) is 1.20. The van der Waals surface area contributed by atoms with Gasteiger partial charge in [-0.1, -0.05) is 0 Å². The Morgan fingerprint density at radius 1 is 1.58 bits per heavy atom. The first kappa shape index (κ1) is 14.3. The summed E-state index contributed by atoms with van der Waals surface area (Å²) in [5.74, 6) is 0. The van der Waals surface area contributed by atoms with Crippen LogP contribution in [0.1, 0.15) is 24.8 Å². The molecular weight excluding hydrogens is 260 g/mol. The van der Waals surface area contributed by atoms with Crippen molar-refractivity contribution in [3.8, 4) is 0 Å². The highest BCUT2D eigenvalue weighted by molar-refractivity contribution is 7.80. The van der Waals surface area contributed by atoms with Crippen molar-refractivity contribution in [3.05, 3.63) is 18.0 Å². The number of rotatable bonds is 6. The van der Waals surface area contributed by atoms with Crippen LogP contribution in [0.2, 0.25) is 0 Å². The summed E-state index contributed by atoms with van der Waals surface area (Å²) in [7, 11) is 0. The van der Waals surface area contributed by atoms with Crippen molar-refractivity contribution < 1.29 is 4.74 Å². The van der Waals surface area contributed by atoms with Crippen LogP contribution >= 0.6 is 12.2 Å². The third kappa shape index (κ3) is 5.16. The highest BCUT2D eigenvalue weighted by Gasteiger charge is 2.14. The molecule has 0 saturated carbocycles. The van der Waals surface area contributed by atoms with E-state index in [2.05, 4.69) is 15.7 Å². The minimum Gasteiger partial charge on any atom is -0.376 e. The van der Waals surface area contributed by atoms with Crippen LogP contribution in [0.3, 0.4) is 0 Å². The lowest BCUT2D eigenvalue weighted by Gasteiger charge is -2.13. The van der Waals surface area contributed by atoms with Gasteiger partial charge in [-0.25, -0.2) is 0 Å². The van der Waals surface area contributed by atoms with Crippen molar-refractivity contribution >= 4 is 17.3 Å². The zero-order chi connectivity index (χ0) is 13.5. The van der Waals surface area contributed by atoms with Gasteiger partial charge in [0, 0.05) is 32.4 Å². The molecule has 0 unspecified atom stereocenters. The average molecular weight is 282 g/mol. The van der Waals surface area contributed by atoms with Crippen LogP contribution in [0, 0.1) is 6.92 Å². The fourth-order valence-corrected chi connectivity index (χ4v) is 2.29. The molecule has 0 bridgehead atoms. The molecule has 0 aromatic carbocycles. The van der Waals surface area contributed by atoms with E-state index < -0.39 is 0 Å². The van der Waals surface area contributed by atoms with Gasteiger partial charge in [0.25, 0.3) is 0 Å². The maximum atomic E-state index is 5.53. The van der Waals surface area contributed by atoms with Crippen LogP contribution in [0.25, 0.3) is 0 Å². The molecule has 1 atom stereocenters. The van der Waals surface area contributed by atoms with E-state index in [9.17, 15) is 0 Å². The van der Waals surface area contributed by atoms with Gasteiger partial charge in [-0.2, -0.15) is 5.10 Å². The van der Waals surface area contributed by atoms with E-state index in [1.54, 1.807) is 0 Å². The number of thiocarbonyl (C=S) groups is 1. The zero-order valence-electron chi connectivity index (χ0n) is 11.4. The minimum absolute atomic E-state index is 0.326. The molecule has 0 radical (unpaired) electrons. The first-order valence-electron chi connectivity index (χ1n) is 6.86. The molecule has 1 saturated heterocycles. The number of nitrogens with zero attached hydrogens (tertiary/aromatic N) is 2. The van der Waals surface area contributed by atoms with Crippen molar-refractivity contribution in [2.75, 3.05) is 19.7 Å². The lowest BCUT2D eigenvalue weighted by molar-refractivity contribution is 0.114. The lowest BCUT2D eigenvalue weighted by atomic mass is 10.2. The molecule has 2 heterocycles. The Kier molecular flexibility index (Phi) is 5.60. The van der Waals surface area contributed by atoms with Gasteiger partial charge in [-0.05, 0) is 44.0 Å². The highest BCUT2D eigenvalue weighted by Crippen LogP contribution is 2.10. The van der Waals surface area contributed by atoms with E-state index in [-0.39, 0.29) is 0 Å². The topological polar surface area (TPSA) is 51.1 Å². The molecule has 106 valence electrons. The van der Waals surface area contributed by atoms with E-state index in [0.717, 1.165) is 45.5 Å². The average Bonchev–Trinajstić information content (AvgIpc) is 3.04. The molecular formula is C13H22N4OS. The molecule has 0 spiro atoms. The van der Waals surface area contributed by atoms with E-state index in [1.807, 2.05) is 24.0 Å². The fourth-order valence-electron chi connectivity index (χ4n) is 2.11. The Bertz CT molecular complexity index is 401. The van der Waals surface area contributed by atoms with Gasteiger partial charge >= 0.3 is 0 Å². The van der Waals surface area contributed by atoms with Crippen LogP contribution in [0.15, 0.2) is 12.4 Å². The zero-order valence-corrected chi connectivity index (χ0v) is 12.2. The van der Waals surface area contributed by atoms with E-state index in [1.165, 1.54) is 5.56 Å². The van der Waals surface area contributed by atoms with Gasteiger partial charge < -0.3 is 15.4 Å². The predicted molar refractivity (Wildman–Crippen MR) is 79.2 cm³/mol. The monoisotopic (exact) mass is 282 g/mol. The molecule has 0 amide bonds. The second kappa shape index (κ2) is 7.45. The number of aryl methyl sites for hydroxylation is 2. The summed E-state index contributed by atoms with van der Waals surface area (Å²) in [4.78, 5) is 0. The Morgan fingerprint density at radius 3 is 3.16 bits per heavy atom. The molecule has 1 aliphatic heterocycles. The Balaban J connectivity index is 1.51. The maximum absolute atomic E-state index is 5.53. The molecule has 19 heavy (non-hydrogen) atoms. The highest BCUT2D eigenvalue weighted by atomic mass is 32.1. The van der Waals surface area contributed by atoms with E-state index in [4.69, 9.17) is 17.0 Å². The standard InChI is InChI=1S/C13H22N4OS/c1-11-8-16-17(10-11)6-3-5-14-13(19)15-9-12-4-2-7-18-12/h8,10,12H,2-7,9H2,1H3,(H2,14,15,19)/t12-/m1/s1. The Morgan fingerprint density at radius 2 is 2.47 bits per heavy atom. The van der Waals surface area contributed by atoms with Crippen LogP contribution in [0.4, 0.5) is 0 Å². The first-order valence-corrected chi connectivity index (χ1v) is 7.27. The van der Waals surface area contributed by atoms with Crippen LogP contribution in [-0.4, -0.2) is 40.7 Å². The molecule has 2 rings (SSSR count). The minimum atomic E-state index is 0.326. The third-order valence-electron chi connectivity index (χ3n) is 3.13. The normalized spacial score (nSPS) is 18.5. The molecule has 5 nitrogen and oxygen atoms in total. The first-order chi connectivity index (χ1) is 9.24. The van der Waals surface area contributed by atoms with Crippen molar-refractivity contribution in [1.82, 2.24) is 20.4 Å². The molecule has 1 aromatic heterocycles. The molecule has 1 aromatic rings. The van der Waals surface area contributed by atoms with Gasteiger partial charge in [-0.3, -0.25) is 4.68 Å². The largest absolute Gasteiger partial charge is 0.376 e. The Labute approximate surface area is 119 Å². The van der Waals surface area contributed by atoms with Gasteiger partial charge in [0.2, 0.25) is 0 Å². The predicted octanol–water partition coefficient (Wildman–Crippen LogP) is 1.22. The number of aromatic nitrogens is 2. The summed E-state index contributed by atoms with van der Waals surface area (Å²) < 4.78 is 7.49. The number of hydrogen-bond acceptors (Lipinski definition) is 3. The van der Waals surface area contributed by atoms with Crippen molar-refractivity contribution in [2.24, 2.45) is 0 Å². The van der Waals surface area contributed by atoms with Crippen LogP contribution < -0.4 is 10.6 Å². The second-order valence-electron chi connectivity index (χ2n) is 4.91. The molecule has 1 aliphatic rings. The van der Waals surface area contributed by atoms with Crippen LogP contribution in [0.5, 0.6) is 0 Å². The molecule has 6 heteroatoms. The summed E-state index contributed by atoms with van der Waals surface area (Å²) in [6, 6.07) is 0. The van der Waals surface area contributed by atoms with E-state index >= 15 is 0 Å². The molecule has 0 aliphatic carbocycles. The molecule has 2 N–H and O–H groups in total. The second-order valence-corrected chi connectivity index (χ2v) is 5.31. The Hall–Kier alpha value is -1.14. The van der Waals surface area contributed by atoms with Crippen molar-refractivity contribution in [3.63, 3.8) is 0 Å². The van der Waals surface area contributed by atoms with Crippen molar-refractivity contribution in [2.45, 2.75) is 38.8 Å². The van der Waals surface area contributed by atoms with Gasteiger partial charge in [0.1, 0.15) is 0 Å². The number of hydrogen-bond donors (Lipinski definition) is 2. The third-order valence-corrected chi connectivity index (χ3v) is 3.41. The fraction of sp³-hybridized carbons (Fsp3) is 0.692. The number of nitrogens with one attached hydrogen (secondary N) is 2.